The summed E-state index contributed by atoms with van der Waals surface area (Å²) in [5.74, 6) is 0.912. The van der Waals surface area contributed by atoms with Crippen LogP contribution in [0.4, 0.5) is 0 Å². The highest BCUT2D eigenvalue weighted by molar-refractivity contribution is 5.91. The van der Waals surface area contributed by atoms with Crippen LogP contribution in [0, 0.1) is 5.92 Å². The fraction of sp³-hybridized carbons (Fsp3) is 0.423. The van der Waals surface area contributed by atoms with Gasteiger partial charge < -0.3 is 0 Å². The molecular weight excluding hydrogens is 328 g/mol. The number of ketones is 1. The number of carbonyl (C=O) groups excluding carboxylic acids is 1. The first-order valence-electron chi connectivity index (χ1n) is 10.4. The number of hydrogen-bond acceptors (Lipinski definition) is 1. The van der Waals surface area contributed by atoms with Gasteiger partial charge in [0.1, 0.15) is 0 Å². The molecule has 0 N–H and O–H groups in total. The van der Waals surface area contributed by atoms with Gasteiger partial charge >= 0.3 is 0 Å². The zero-order chi connectivity index (χ0) is 19.3. The first-order chi connectivity index (χ1) is 13.1. The molecule has 0 heterocycles. The van der Waals surface area contributed by atoms with E-state index in [0.717, 1.165) is 44.9 Å². The number of unbranched alkanes of at least 4 members (excludes halogenated alkanes) is 1. The highest BCUT2D eigenvalue weighted by Gasteiger charge is 2.17. The second-order valence-electron chi connectivity index (χ2n) is 7.62. The van der Waals surface area contributed by atoms with Gasteiger partial charge in [-0.25, -0.2) is 0 Å². The minimum Gasteiger partial charge on any atom is -0.295 e. The lowest BCUT2D eigenvalue weighted by Gasteiger charge is -2.20. The maximum absolute atomic E-state index is 11.4. The van der Waals surface area contributed by atoms with Crippen LogP contribution in [-0.4, -0.2) is 5.78 Å². The molecule has 144 valence electrons. The summed E-state index contributed by atoms with van der Waals surface area (Å²) in [6, 6.07) is 10.5. The van der Waals surface area contributed by atoms with E-state index in [-0.39, 0.29) is 0 Å². The molecule has 0 saturated heterocycles. The summed E-state index contributed by atoms with van der Waals surface area (Å²) in [7, 11) is 0. The molecule has 0 aliphatic heterocycles. The van der Waals surface area contributed by atoms with Gasteiger partial charge in [0.15, 0.2) is 5.78 Å². The molecule has 1 unspecified atom stereocenters. The molecule has 1 aliphatic carbocycles. The molecule has 0 radical (unpaired) electrons. The Morgan fingerprint density at radius 3 is 2.59 bits per heavy atom. The molecule has 1 nitrogen and oxygen atoms in total. The number of hydrogen-bond donors (Lipinski definition) is 0. The largest absolute Gasteiger partial charge is 0.295 e. The molecule has 0 bridgehead atoms. The van der Waals surface area contributed by atoms with Gasteiger partial charge in [-0.05, 0) is 76.4 Å². The van der Waals surface area contributed by atoms with Crippen molar-refractivity contribution in [3.05, 3.63) is 77.4 Å². The highest BCUT2D eigenvalue weighted by Crippen LogP contribution is 2.26. The van der Waals surface area contributed by atoms with Crippen molar-refractivity contribution in [2.45, 2.75) is 65.2 Å². The quantitative estimate of drug-likeness (QED) is 0.312. The van der Waals surface area contributed by atoms with Crippen molar-refractivity contribution in [1.82, 2.24) is 0 Å². The second-order valence-corrected chi connectivity index (χ2v) is 7.62. The first-order valence-corrected chi connectivity index (χ1v) is 10.4. The zero-order valence-electron chi connectivity index (χ0n) is 17.0. The van der Waals surface area contributed by atoms with Crippen LogP contribution in [0.2, 0.25) is 0 Å². The molecule has 1 aliphatic rings. The maximum Gasteiger partial charge on any atom is 0.155 e. The predicted octanol–water partition coefficient (Wildman–Crippen LogP) is 7.47. The van der Waals surface area contributed by atoms with Crippen molar-refractivity contribution >= 4 is 11.9 Å². The first kappa shape index (κ1) is 21.2. The Labute approximate surface area is 165 Å². The van der Waals surface area contributed by atoms with Gasteiger partial charge in [0.25, 0.3) is 0 Å². The Morgan fingerprint density at radius 1 is 1.04 bits per heavy atom. The topological polar surface area (TPSA) is 17.1 Å². The average molecular weight is 363 g/mol. The van der Waals surface area contributed by atoms with Gasteiger partial charge in [0.2, 0.25) is 0 Å². The Morgan fingerprint density at radius 2 is 1.81 bits per heavy atom. The highest BCUT2D eigenvalue weighted by atomic mass is 16.1. The van der Waals surface area contributed by atoms with E-state index >= 15 is 0 Å². The number of rotatable bonds is 10. The lowest BCUT2D eigenvalue weighted by Crippen LogP contribution is -2.12. The molecular formula is C26H34O. The summed E-state index contributed by atoms with van der Waals surface area (Å²) < 4.78 is 0. The molecule has 0 spiro atoms. The SMILES string of the molecule is CC1=CC(=O)CCC1CC/C=C/CC/C(C)=C/CC/C=C/c1ccccc1. The fourth-order valence-electron chi connectivity index (χ4n) is 3.52. The van der Waals surface area contributed by atoms with Crippen LogP contribution in [0.5, 0.6) is 0 Å². The minimum absolute atomic E-state index is 0.303. The smallest absolute Gasteiger partial charge is 0.155 e. The molecule has 27 heavy (non-hydrogen) atoms. The van der Waals surface area contributed by atoms with Gasteiger partial charge in [0.05, 0.1) is 0 Å². The molecule has 1 aromatic rings. The third-order valence-electron chi connectivity index (χ3n) is 5.26. The van der Waals surface area contributed by atoms with Crippen LogP contribution in [0.3, 0.4) is 0 Å². The van der Waals surface area contributed by atoms with E-state index in [9.17, 15) is 4.79 Å². The third-order valence-corrected chi connectivity index (χ3v) is 5.26. The van der Waals surface area contributed by atoms with E-state index in [4.69, 9.17) is 0 Å². The number of allylic oxidation sites excluding steroid dienone is 7. The monoisotopic (exact) mass is 362 g/mol. The van der Waals surface area contributed by atoms with Crippen molar-refractivity contribution in [3.8, 4) is 0 Å². The molecule has 1 aromatic carbocycles. The number of benzene rings is 1. The van der Waals surface area contributed by atoms with Crippen LogP contribution < -0.4 is 0 Å². The van der Waals surface area contributed by atoms with Crippen LogP contribution in [0.15, 0.2) is 71.9 Å². The average Bonchev–Trinajstić information content (AvgIpc) is 2.66. The number of carbonyl (C=O) groups is 1. The molecule has 0 aromatic heterocycles. The second kappa shape index (κ2) is 12.3. The fourth-order valence-corrected chi connectivity index (χ4v) is 3.52. The normalized spacial score (nSPS) is 18.4. The molecule has 0 amide bonds. The van der Waals surface area contributed by atoms with Crippen molar-refractivity contribution in [3.63, 3.8) is 0 Å². The van der Waals surface area contributed by atoms with Crippen molar-refractivity contribution < 1.29 is 4.79 Å². The Kier molecular flexibility index (Phi) is 9.62. The van der Waals surface area contributed by atoms with E-state index in [1.807, 2.05) is 12.1 Å². The van der Waals surface area contributed by atoms with E-state index < -0.39 is 0 Å². The van der Waals surface area contributed by atoms with E-state index in [2.05, 4.69) is 68.5 Å². The molecule has 0 saturated carbocycles. The summed E-state index contributed by atoms with van der Waals surface area (Å²) in [5.41, 5.74) is 4.03. The van der Waals surface area contributed by atoms with Crippen molar-refractivity contribution in [2.24, 2.45) is 5.92 Å². The summed E-state index contributed by atoms with van der Waals surface area (Å²) in [6.45, 7) is 4.34. The van der Waals surface area contributed by atoms with Gasteiger partial charge in [0, 0.05) is 6.42 Å². The standard InChI is InChI=1S/C26H34O/c1-22(14-8-5-9-15-24-16-10-6-11-17-24)13-7-3-4-12-18-25-19-20-26(27)21-23(25)2/h3-4,6,9-11,14-17,21,25H,5,7-8,12-13,18-20H2,1-2H3/b4-3+,15-9+,22-14+. The van der Waals surface area contributed by atoms with Crippen LogP contribution in [0.1, 0.15) is 70.8 Å². The van der Waals surface area contributed by atoms with E-state index in [1.165, 1.54) is 23.1 Å². The Hall–Kier alpha value is -2.15. The summed E-state index contributed by atoms with van der Waals surface area (Å²) in [6.07, 6.45) is 21.9. The van der Waals surface area contributed by atoms with Gasteiger partial charge in [-0.15, -0.1) is 0 Å². The molecule has 1 atom stereocenters. The van der Waals surface area contributed by atoms with E-state index in [0.29, 0.717) is 11.7 Å². The predicted molar refractivity (Wildman–Crippen MR) is 118 cm³/mol. The molecule has 1 heteroatoms. The van der Waals surface area contributed by atoms with Crippen molar-refractivity contribution in [2.75, 3.05) is 0 Å². The lowest BCUT2D eigenvalue weighted by molar-refractivity contribution is -0.115. The van der Waals surface area contributed by atoms with E-state index in [1.54, 1.807) is 0 Å². The Balaban J connectivity index is 1.55. The van der Waals surface area contributed by atoms with Crippen molar-refractivity contribution in [1.29, 1.82) is 0 Å². The summed E-state index contributed by atoms with van der Waals surface area (Å²) >= 11 is 0. The lowest BCUT2D eigenvalue weighted by atomic mass is 9.85. The van der Waals surface area contributed by atoms with Gasteiger partial charge in [-0.3, -0.25) is 4.79 Å². The van der Waals surface area contributed by atoms with Gasteiger partial charge in [-0.2, -0.15) is 0 Å². The zero-order valence-corrected chi connectivity index (χ0v) is 17.0. The minimum atomic E-state index is 0.303. The maximum atomic E-state index is 11.4. The Bertz CT molecular complexity index is 688. The van der Waals surface area contributed by atoms with Crippen LogP contribution >= 0.6 is 0 Å². The summed E-state index contributed by atoms with van der Waals surface area (Å²) in [4.78, 5) is 11.4. The van der Waals surface area contributed by atoms with Crippen LogP contribution in [0.25, 0.3) is 6.08 Å². The summed E-state index contributed by atoms with van der Waals surface area (Å²) in [5, 5.41) is 0. The molecule has 2 rings (SSSR count). The van der Waals surface area contributed by atoms with Crippen LogP contribution in [-0.2, 0) is 4.79 Å². The third kappa shape index (κ3) is 8.86. The van der Waals surface area contributed by atoms with Gasteiger partial charge in [-0.1, -0.05) is 71.9 Å². The molecule has 0 fully saturated rings.